The standard InChI is InChI=1S/C26H18O3/c1-2-6-15(7-3-1)23-19-12-21-22(29-14-28-21)13-20(19)24-18-10-11-27-26(18)17-9-5-4-8-16(17)25(23)24/h1-9,12-13,23H,10-11,14H2. The van der Waals surface area contributed by atoms with Gasteiger partial charge in [0.15, 0.2) is 11.5 Å². The Balaban J connectivity index is 1.65. The molecule has 0 bridgehead atoms. The Hall–Kier alpha value is -3.46. The Kier molecular flexibility index (Phi) is 2.95. The van der Waals surface area contributed by atoms with Crippen molar-refractivity contribution < 1.29 is 14.2 Å². The van der Waals surface area contributed by atoms with E-state index >= 15 is 0 Å². The van der Waals surface area contributed by atoms with Gasteiger partial charge in [0, 0.05) is 23.3 Å². The van der Waals surface area contributed by atoms with E-state index in [9.17, 15) is 0 Å². The minimum Gasteiger partial charge on any atom is -0.492 e. The van der Waals surface area contributed by atoms with Crippen LogP contribution in [0.1, 0.15) is 28.2 Å². The maximum Gasteiger partial charge on any atom is 0.231 e. The molecule has 1 aliphatic carbocycles. The average Bonchev–Trinajstić information content (AvgIpc) is 3.49. The molecule has 2 heterocycles. The summed E-state index contributed by atoms with van der Waals surface area (Å²) in [7, 11) is 0. The van der Waals surface area contributed by atoms with E-state index in [1.807, 2.05) is 0 Å². The first-order valence-corrected chi connectivity index (χ1v) is 10.1. The van der Waals surface area contributed by atoms with Crippen LogP contribution in [0.2, 0.25) is 0 Å². The molecule has 0 saturated carbocycles. The molecule has 4 aromatic carbocycles. The summed E-state index contributed by atoms with van der Waals surface area (Å²) in [5.41, 5.74) is 7.90. The highest BCUT2D eigenvalue weighted by Crippen LogP contribution is 2.58. The minimum absolute atomic E-state index is 0.173. The smallest absolute Gasteiger partial charge is 0.231 e. The maximum absolute atomic E-state index is 6.13. The summed E-state index contributed by atoms with van der Waals surface area (Å²) >= 11 is 0. The first-order valence-electron chi connectivity index (χ1n) is 10.1. The zero-order valence-corrected chi connectivity index (χ0v) is 15.8. The fourth-order valence-electron chi connectivity index (χ4n) is 5.32. The van der Waals surface area contributed by atoms with Crippen molar-refractivity contribution in [1.82, 2.24) is 0 Å². The summed E-state index contributed by atoms with van der Waals surface area (Å²) in [5, 5.41) is 2.49. The molecular weight excluding hydrogens is 360 g/mol. The van der Waals surface area contributed by atoms with Gasteiger partial charge in [-0.3, -0.25) is 0 Å². The van der Waals surface area contributed by atoms with Crippen molar-refractivity contribution in [3.63, 3.8) is 0 Å². The van der Waals surface area contributed by atoms with E-state index in [1.165, 1.54) is 44.2 Å². The minimum atomic E-state index is 0.173. The molecule has 2 aliphatic heterocycles. The monoisotopic (exact) mass is 378 g/mol. The van der Waals surface area contributed by atoms with Gasteiger partial charge in [-0.25, -0.2) is 0 Å². The first-order chi connectivity index (χ1) is 14.4. The second kappa shape index (κ2) is 5.54. The van der Waals surface area contributed by atoms with Crippen LogP contribution in [0.3, 0.4) is 0 Å². The molecule has 4 aromatic rings. The third-order valence-electron chi connectivity index (χ3n) is 6.45. The zero-order valence-electron chi connectivity index (χ0n) is 15.8. The molecule has 29 heavy (non-hydrogen) atoms. The summed E-state index contributed by atoms with van der Waals surface area (Å²) in [6, 6.07) is 23.8. The van der Waals surface area contributed by atoms with Crippen LogP contribution in [0, 0.1) is 0 Å². The van der Waals surface area contributed by atoms with E-state index in [1.54, 1.807) is 0 Å². The quantitative estimate of drug-likeness (QED) is 0.376. The molecule has 3 nitrogen and oxygen atoms in total. The molecule has 3 heteroatoms. The maximum atomic E-state index is 6.13. The van der Waals surface area contributed by atoms with Gasteiger partial charge < -0.3 is 14.2 Å². The van der Waals surface area contributed by atoms with Crippen LogP contribution >= 0.6 is 0 Å². The first kappa shape index (κ1) is 15.5. The Morgan fingerprint density at radius 2 is 1.52 bits per heavy atom. The normalized spacial score (nSPS) is 17.7. The van der Waals surface area contributed by atoms with Gasteiger partial charge in [0.2, 0.25) is 6.79 Å². The van der Waals surface area contributed by atoms with Gasteiger partial charge in [0.05, 0.1) is 6.61 Å². The van der Waals surface area contributed by atoms with Crippen LogP contribution in [-0.4, -0.2) is 13.4 Å². The Morgan fingerprint density at radius 1 is 0.759 bits per heavy atom. The predicted molar refractivity (Wildman–Crippen MR) is 112 cm³/mol. The summed E-state index contributed by atoms with van der Waals surface area (Å²) in [6.07, 6.45) is 0.942. The average molecular weight is 378 g/mol. The van der Waals surface area contributed by atoms with Gasteiger partial charge in [-0.1, -0.05) is 54.6 Å². The third-order valence-corrected chi connectivity index (χ3v) is 6.45. The van der Waals surface area contributed by atoms with Crippen molar-refractivity contribution in [3.8, 4) is 28.4 Å². The van der Waals surface area contributed by atoms with E-state index in [0.29, 0.717) is 6.79 Å². The highest BCUT2D eigenvalue weighted by atomic mass is 16.7. The molecule has 140 valence electrons. The summed E-state index contributed by atoms with van der Waals surface area (Å²) in [5.74, 6) is 2.90. The van der Waals surface area contributed by atoms with Gasteiger partial charge in [0.1, 0.15) is 5.75 Å². The molecule has 0 amide bonds. The van der Waals surface area contributed by atoms with Gasteiger partial charge in [-0.15, -0.1) is 0 Å². The lowest BCUT2D eigenvalue weighted by atomic mass is 9.85. The highest BCUT2D eigenvalue weighted by molar-refractivity contribution is 6.03. The zero-order chi connectivity index (χ0) is 18.9. The Labute approximate surface area is 168 Å². The van der Waals surface area contributed by atoms with E-state index < -0.39 is 0 Å². The van der Waals surface area contributed by atoms with Gasteiger partial charge >= 0.3 is 0 Å². The van der Waals surface area contributed by atoms with E-state index in [0.717, 1.165) is 30.3 Å². The van der Waals surface area contributed by atoms with Crippen LogP contribution in [0.5, 0.6) is 17.2 Å². The Bertz CT molecular complexity index is 1310. The largest absolute Gasteiger partial charge is 0.492 e. The lowest BCUT2D eigenvalue weighted by molar-refractivity contribution is 0.174. The summed E-state index contributed by atoms with van der Waals surface area (Å²) in [6.45, 7) is 1.03. The fourth-order valence-corrected chi connectivity index (χ4v) is 5.32. The molecule has 0 N–H and O–H groups in total. The second-order valence-corrected chi connectivity index (χ2v) is 7.88. The summed E-state index contributed by atoms with van der Waals surface area (Å²) in [4.78, 5) is 0. The highest BCUT2D eigenvalue weighted by Gasteiger charge is 2.38. The van der Waals surface area contributed by atoms with Gasteiger partial charge in [-0.2, -0.15) is 0 Å². The molecule has 1 atom stereocenters. The number of rotatable bonds is 1. The SMILES string of the molecule is c1ccc(C2c3cc4c(cc3-c3c5c(c6ccccc6c32)OCC5)OCO4)cc1. The van der Waals surface area contributed by atoms with Crippen molar-refractivity contribution in [2.24, 2.45) is 0 Å². The van der Waals surface area contributed by atoms with E-state index in [4.69, 9.17) is 14.2 Å². The molecule has 0 spiro atoms. The van der Waals surface area contributed by atoms with Crippen molar-refractivity contribution >= 4 is 10.8 Å². The van der Waals surface area contributed by atoms with Crippen molar-refractivity contribution in [1.29, 1.82) is 0 Å². The van der Waals surface area contributed by atoms with E-state index in [-0.39, 0.29) is 5.92 Å². The third kappa shape index (κ3) is 1.97. The molecular formula is C26H18O3. The van der Waals surface area contributed by atoms with Crippen LogP contribution in [0.4, 0.5) is 0 Å². The van der Waals surface area contributed by atoms with Gasteiger partial charge in [0.25, 0.3) is 0 Å². The lowest BCUT2D eigenvalue weighted by Gasteiger charge is -2.18. The molecule has 0 fully saturated rings. The molecule has 3 aliphatic rings. The number of benzene rings is 4. The summed E-state index contributed by atoms with van der Waals surface area (Å²) < 4.78 is 17.6. The van der Waals surface area contributed by atoms with Crippen molar-refractivity contribution in [2.45, 2.75) is 12.3 Å². The Morgan fingerprint density at radius 3 is 2.38 bits per heavy atom. The molecule has 7 rings (SSSR count). The molecule has 0 saturated heterocycles. The molecule has 0 radical (unpaired) electrons. The predicted octanol–water partition coefficient (Wildman–Crippen LogP) is 5.66. The van der Waals surface area contributed by atoms with Crippen LogP contribution in [-0.2, 0) is 6.42 Å². The topological polar surface area (TPSA) is 27.7 Å². The number of ether oxygens (including phenoxy) is 3. The van der Waals surface area contributed by atoms with E-state index in [2.05, 4.69) is 66.7 Å². The fraction of sp³-hybridized carbons (Fsp3) is 0.154. The van der Waals surface area contributed by atoms with Crippen molar-refractivity contribution in [2.75, 3.05) is 13.4 Å². The number of fused-ring (bicyclic) bond motifs is 9. The van der Waals surface area contributed by atoms with Crippen molar-refractivity contribution in [3.05, 3.63) is 89.0 Å². The van der Waals surface area contributed by atoms with Crippen LogP contribution in [0.15, 0.2) is 66.7 Å². The number of hydrogen-bond acceptors (Lipinski definition) is 3. The number of hydrogen-bond donors (Lipinski definition) is 0. The second-order valence-electron chi connectivity index (χ2n) is 7.88. The van der Waals surface area contributed by atoms with Crippen LogP contribution < -0.4 is 14.2 Å². The molecule has 1 unspecified atom stereocenters. The lowest BCUT2D eigenvalue weighted by Crippen LogP contribution is -2.01. The van der Waals surface area contributed by atoms with Crippen LogP contribution in [0.25, 0.3) is 21.9 Å². The molecule has 0 aromatic heterocycles. The van der Waals surface area contributed by atoms with Gasteiger partial charge in [-0.05, 0) is 45.3 Å².